The fraction of sp³-hybridized carbons (Fsp3) is 0.833. The molecule has 0 bridgehead atoms. The molecule has 1 aliphatic carbocycles. The van der Waals surface area contributed by atoms with Crippen molar-refractivity contribution >= 4 is 12.0 Å². The minimum atomic E-state index is -2.64. The van der Waals surface area contributed by atoms with Crippen LogP contribution >= 0.6 is 0 Å². The molecule has 0 spiro atoms. The van der Waals surface area contributed by atoms with Gasteiger partial charge in [0.1, 0.15) is 5.54 Å². The van der Waals surface area contributed by atoms with Gasteiger partial charge < -0.3 is 15.3 Å². The molecule has 0 saturated heterocycles. The number of urea groups is 1. The largest absolute Gasteiger partial charge is 0.480 e. The maximum atomic E-state index is 12.2. The summed E-state index contributed by atoms with van der Waals surface area (Å²) in [6, 6.07) is -0.767. The summed E-state index contributed by atoms with van der Waals surface area (Å²) in [5, 5.41) is 11.8. The van der Waals surface area contributed by atoms with Gasteiger partial charge in [0.05, 0.1) is 6.54 Å². The van der Waals surface area contributed by atoms with Crippen molar-refractivity contribution in [2.24, 2.45) is 5.92 Å². The zero-order valence-corrected chi connectivity index (χ0v) is 11.2. The molecule has 2 atom stereocenters. The van der Waals surface area contributed by atoms with Crippen LogP contribution in [0.4, 0.5) is 13.6 Å². The highest BCUT2D eigenvalue weighted by atomic mass is 19.3. The predicted octanol–water partition coefficient (Wildman–Crippen LogP) is 1.93. The van der Waals surface area contributed by atoms with Crippen LogP contribution in [0.1, 0.15) is 32.6 Å². The summed E-state index contributed by atoms with van der Waals surface area (Å²) in [7, 11) is 1.23. The number of carbonyl (C=O) groups excluding carboxylic acids is 1. The Labute approximate surface area is 111 Å². The van der Waals surface area contributed by atoms with Crippen LogP contribution in [0.15, 0.2) is 0 Å². The Balaban J connectivity index is 2.73. The highest BCUT2D eigenvalue weighted by molar-refractivity contribution is 5.86. The summed E-state index contributed by atoms with van der Waals surface area (Å²) < 4.78 is 24.4. The first-order valence-electron chi connectivity index (χ1n) is 6.31. The van der Waals surface area contributed by atoms with Crippen LogP contribution in [0.25, 0.3) is 0 Å². The minimum absolute atomic E-state index is 0.186. The summed E-state index contributed by atoms with van der Waals surface area (Å²) >= 11 is 0. The maximum absolute atomic E-state index is 12.2. The molecule has 2 unspecified atom stereocenters. The number of amides is 2. The number of halogens is 2. The smallest absolute Gasteiger partial charge is 0.329 e. The number of hydrogen-bond donors (Lipinski definition) is 2. The number of alkyl halides is 2. The van der Waals surface area contributed by atoms with Crippen LogP contribution in [-0.2, 0) is 4.79 Å². The molecule has 1 rings (SSSR count). The number of rotatable bonds is 4. The third-order valence-electron chi connectivity index (χ3n) is 3.51. The van der Waals surface area contributed by atoms with Gasteiger partial charge >= 0.3 is 12.0 Å². The van der Waals surface area contributed by atoms with Crippen LogP contribution in [0.2, 0.25) is 0 Å². The monoisotopic (exact) mass is 278 g/mol. The lowest BCUT2D eigenvalue weighted by atomic mass is 9.76. The first-order valence-corrected chi connectivity index (χ1v) is 6.31. The second-order valence-electron chi connectivity index (χ2n) is 5.29. The topological polar surface area (TPSA) is 69.6 Å². The molecule has 0 aromatic rings. The molecular formula is C12H20F2N2O3. The first-order chi connectivity index (χ1) is 8.77. The Morgan fingerprint density at radius 2 is 2.16 bits per heavy atom. The molecular weight excluding hydrogens is 258 g/mol. The van der Waals surface area contributed by atoms with Gasteiger partial charge in [0, 0.05) is 7.05 Å². The summed E-state index contributed by atoms with van der Waals surface area (Å²) in [5.41, 5.74) is -1.33. The van der Waals surface area contributed by atoms with E-state index in [9.17, 15) is 23.5 Å². The quantitative estimate of drug-likeness (QED) is 0.825. The Morgan fingerprint density at radius 1 is 1.53 bits per heavy atom. The fourth-order valence-electron chi connectivity index (χ4n) is 2.50. The van der Waals surface area contributed by atoms with E-state index in [0.717, 1.165) is 11.3 Å². The maximum Gasteiger partial charge on any atom is 0.329 e. The van der Waals surface area contributed by atoms with E-state index in [-0.39, 0.29) is 5.92 Å². The lowest BCUT2D eigenvalue weighted by Crippen LogP contribution is -2.59. The summed E-state index contributed by atoms with van der Waals surface area (Å²) in [6.45, 7) is 1.21. The molecule has 0 aromatic heterocycles. The van der Waals surface area contributed by atoms with Crippen LogP contribution in [0, 0.1) is 5.92 Å². The molecule has 0 radical (unpaired) electrons. The molecule has 19 heavy (non-hydrogen) atoms. The van der Waals surface area contributed by atoms with E-state index in [2.05, 4.69) is 5.32 Å². The van der Waals surface area contributed by atoms with Gasteiger partial charge in [-0.1, -0.05) is 19.8 Å². The normalized spacial score (nSPS) is 27.1. The zero-order chi connectivity index (χ0) is 14.6. The SMILES string of the molecule is CC1CCCC(NC(=O)N(C)CC(F)F)(C(=O)O)C1. The van der Waals surface area contributed by atoms with Gasteiger partial charge in [-0.2, -0.15) is 0 Å². The Kier molecular flexibility index (Phi) is 5.08. The standard InChI is InChI=1S/C12H20F2N2O3/c1-8-4-3-5-12(6-8,10(17)18)15-11(19)16(2)7-9(13)14/h8-9H,3-7H2,1-2H3,(H,15,19)(H,17,18). The lowest BCUT2D eigenvalue weighted by molar-refractivity contribution is -0.146. The van der Waals surface area contributed by atoms with Crippen molar-refractivity contribution in [2.75, 3.05) is 13.6 Å². The molecule has 110 valence electrons. The fourth-order valence-corrected chi connectivity index (χ4v) is 2.50. The van der Waals surface area contributed by atoms with Crippen molar-refractivity contribution in [1.82, 2.24) is 10.2 Å². The number of carboxylic acids is 1. The predicted molar refractivity (Wildman–Crippen MR) is 65.2 cm³/mol. The van der Waals surface area contributed by atoms with Gasteiger partial charge in [0.2, 0.25) is 0 Å². The molecule has 2 N–H and O–H groups in total. The van der Waals surface area contributed by atoms with E-state index < -0.39 is 30.5 Å². The highest BCUT2D eigenvalue weighted by Gasteiger charge is 2.43. The van der Waals surface area contributed by atoms with E-state index in [4.69, 9.17) is 0 Å². The van der Waals surface area contributed by atoms with Crippen molar-refractivity contribution in [3.8, 4) is 0 Å². The third-order valence-corrected chi connectivity index (χ3v) is 3.51. The molecule has 1 saturated carbocycles. The van der Waals surface area contributed by atoms with E-state index in [0.29, 0.717) is 19.3 Å². The van der Waals surface area contributed by atoms with Gasteiger partial charge in [-0.15, -0.1) is 0 Å². The van der Waals surface area contributed by atoms with Crippen molar-refractivity contribution in [3.63, 3.8) is 0 Å². The number of carbonyl (C=O) groups is 2. The first kappa shape index (κ1) is 15.7. The third kappa shape index (κ3) is 4.04. The minimum Gasteiger partial charge on any atom is -0.480 e. The van der Waals surface area contributed by atoms with Crippen LogP contribution in [0.5, 0.6) is 0 Å². The van der Waals surface area contributed by atoms with Gasteiger partial charge in [-0.25, -0.2) is 18.4 Å². The molecule has 5 nitrogen and oxygen atoms in total. The second kappa shape index (κ2) is 6.16. The molecule has 7 heteroatoms. The number of hydrogen-bond acceptors (Lipinski definition) is 2. The van der Waals surface area contributed by atoms with Crippen molar-refractivity contribution in [2.45, 2.75) is 44.6 Å². The van der Waals surface area contributed by atoms with E-state index >= 15 is 0 Å². The van der Waals surface area contributed by atoms with Crippen molar-refractivity contribution < 1.29 is 23.5 Å². The van der Waals surface area contributed by atoms with E-state index in [1.54, 1.807) is 0 Å². The van der Waals surface area contributed by atoms with Crippen LogP contribution in [-0.4, -0.2) is 47.6 Å². The molecule has 1 aliphatic rings. The Hall–Kier alpha value is -1.40. The Bertz CT molecular complexity index is 352. The molecule has 1 fully saturated rings. The van der Waals surface area contributed by atoms with Crippen LogP contribution in [0.3, 0.4) is 0 Å². The van der Waals surface area contributed by atoms with E-state index in [1.807, 2.05) is 6.92 Å². The molecule has 2 amide bonds. The number of nitrogens with zero attached hydrogens (tertiary/aromatic N) is 1. The average Bonchev–Trinajstić information content (AvgIpc) is 2.27. The lowest BCUT2D eigenvalue weighted by Gasteiger charge is -2.38. The van der Waals surface area contributed by atoms with Crippen molar-refractivity contribution in [1.29, 1.82) is 0 Å². The zero-order valence-electron chi connectivity index (χ0n) is 11.2. The van der Waals surface area contributed by atoms with E-state index in [1.165, 1.54) is 7.05 Å². The number of carboxylic acid groups (broad SMARTS) is 1. The Morgan fingerprint density at radius 3 is 2.63 bits per heavy atom. The second-order valence-corrected chi connectivity index (χ2v) is 5.29. The van der Waals surface area contributed by atoms with Crippen LogP contribution < -0.4 is 5.32 Å². The number of nitrogens with one attached hydrogen (secondary N) is 1. The molecule has 0 heterocycles. The molecule has 0 aliphatic heterocycles. The van der Waals surface area contributed by atoms with Crippen molar-refractivity contribution in [3.05, 3.63) is 0 Å². The summed E-state index contributed by atoms with van der Waals surface area (Å²) in [5.74, 6) is -0.914. The highest BCUT2D eigenvalue weighted by Crippen LogP contribution is 2.32. The van der Waals surface area contributed by atoms with Gasteiger partial charge in [-0.3, -0.25) is 0 Å². The average molecular weight is 278 g/mol. The summed E-state index contributed by atoms with van der Waals surface area (Å²) in [4.78, 5) is 24.0. The van der Waals surface area contributed by atoms with Gasteiger partial charge in [0.15, 0.2) is 0 Å². The van der Waals surface area contributed by atoms with Gasteiger partial charge in [0.25, 0.3) is 6.43 Å². The van der Waals surface area contributed by atoms with Gasteiger partial charge in [-0.05, 0) is 18.8 Å². The summed E-state index contributed by atoms with van der Waals surface area (Å²) in [6.07, 6.45) is -0.358. The molecule has 0 aromatic carbocycles. The number of aliphatic carboxylic acids is 1.